The van der Waals surface area contributed by atoms with Crippen LogP contribution in [0.4, 0.5) is 0 Å². The van der Waals surface area contributed by atoms with Crippen LogP contribution in [0.25, 0.3) is 0 Å². The second-order valence-corrected chi connectivity index (χ2v) is 7.11. The quantitative estimate of drug-likeness (QED) is 0.757. The van der Waals surface area contributed by atoms with Gasteiger partial charge in [0.15, 0.2) is 0 Å². The normalized spacial score (nSPS) is 32.6. The van der Waals surface area contributed by atoms with Crippen LogP contribution in [0.5, 0.6) is 0 Å². The monoisotopic (exact) mass is 253 g/mol. The number of piperidine rings is 1. The van der Waals surface area contributed by atoms with Crippen LogP contribution in [-0.2, 0) is 9.53 Å². The molecule has 0 amide bonds. The van der Waals surface area contributed by atoms with Gasteiger partial charge in [0, 0.05) is 12.0 Å². The van der Waals surface area contributed by atoms with Gasteiger partial charge in [0.05, 0.1) is 11.2 Å². The molecule has 0 aromatic carbocycles. The van der Waals surface area contributed by atoms with Crippen LogP contribution in [-0.4, -0.2) is 41.0 Å². The highest BCUT2D eigenvalue weighted by Gasteiger charge is 2.48. The first-order chi connectivity index (χ1) is 8.21. The minimum Gasteiger partial charge on any atom is -0.368 e. The van der Waals surface area contributed by atoms with Gasteiger partial charge in [-0.05, 0) is 67.0 Å². The second kappa shape index (κ2) is 4.61. The van der Waals surface area contributed by atoms with Crippen molar-refractivity contribution in [3.8, 4) is 0 Å². The fourth-order valence-corrected chi connectivity index (χ4v) is 3.72. The topological polar surface area (TPSA) is 29.5 Å². The Morgan fingerprint density at radius 3 is 2.11 bits per heavy atom. The Kier molecular flexibility index (Phi) is 3.58. The van der Waals surface area contributed by atoms with Gasteiger partial charge in [0.1, 0.15) is 5.78 Å². The van der Waals surface area contributed by atoms with Crippen molar-refractivity contribution < 1.29 is 9.53 Å². The fourth-order valence-electron chi connectivity index (χ4n) is 3.72. The van der Waals surface area contributed by atoms with Gasteiger partial charge in [-0.15, -0.1) is 0 Å². The molecule has 3 nitrogen and oxygen atoms in total. The summed E-state index contributed by atoms with van der Waals surface area (Å²) < 4.78 is 6.17. The number of rotatable bonds is 2. The summed E-state index contributed by atoms with van der Waals surface area (Å²) in [6.07, 6.45) is 3.12. The number of hydrogen-bond donors (Lipinski definition) is 0. The van der Waals surface area contributed by atoms with Crippen LogP contribution in [0.2, 0.25) is 0 Å². The molecule has 18 heavy (non-hydrogen) atoms. The number of ketones is 1. The number of hydrogen-bond acceptors (Lipinski definition) is 3. The Labute approximate surface area is 111 Å². The van der Waals surface area contributed by atoms with Crippen molar-refractivity contribution in [2.75, 3.05) is 13.1 Å². The highest BCUT2D eigenvalue weighted by molar-refractivity contribution is 5.78. The zero-order chi connectivity index (χ0) is 13.6. The number of carbonyl (C=O) groups is 1. The van der Waals surface area contributed by atoms with Crippen LogP contribution in [0.15, 0.2) is 0 Å². The fraction of sp³-hybridized carbons (Fsp3) is 0.933. The summed E-state index contributed by atoms with van der Waals surface area (Å²) in [6, 6.07) is 0.486. The molecule has 0 aromatic heterocycles. The number of ether oxygens (including phenoxy) is 1. The SMILES string of the molecule is CC(=O)C1CCN(C2CC(C)(C)OC2(C)C)CC1. The van der Waals surface area contributed by atoms with E-state index < -0.39 is 0 Å². The maximum absolute atomic E-state index is 11.4. The second-order valence-electron chi connectivity index (χ2n) is 7.11. The van der Waals surface area contributed by atoms with E-state index in [1.807, 2.05) is 0 Å². The van der Waals surface area contributed by atoms with Gasteiger partial charge in [0.25, 0.3) is 0 Å². The van der Waals surface area contributed by atoms with E-state index in [4.69, 9.17) is 4.74 Å². The van der Waals surface area contributed by atoms with E-state index in [-0.39, 0.29) is 11.2 Å². The third-order valence-electron chi connectivity index (χ3n) is 4.57. The zero-order valence-corrected chi connectivity index (χ0v) is 12.5. The Bertz CT molecular complexity index is 327. The predicted molar refractivity (Wildman–Crippen MR) is 72.6 cm³/mol. The van der Waals surface area contributed by atoms with E-state index in [1.165, 1.54) is 0 Å². The smallest absolute Gasteiger partial charge is 0.133 e. The van der Waals surface area contributed by atoms with Gasteiger partial charge in [-0.25, -0.2) is 0 Å². The molecular weight excluding hydrogens is 226 g/mol. The van der Waals surface area contributed by atoms with Crippen LogP contribution in [0, 0.1) is 5.92 Å². The average molecular weight is 253 g/mol. The maximum atomic E-state index is 11.4. The number of Topliss-reactive ketones (excluding diaryl/α,β-unsaturated/α-hetero) is 1. The highest BCUT2D eigenvalue weighted by Crippen LogP contribution is 2.41. The van der Waals surface area contributed by atoms with Gasteiger partial charge in [0.2, 0.25) is 0 Å². The molecule has 0 N–H and O–H groups in total. The molecule has 2 aliphatic heterocycles. The van der Waals surface area contributed by atoms with Gasteiger partial charge in [-0.1, -0.05) is 0 Å². The summed E-state index contributed by atoms with van der Waals surface area (Å²) in [5.41, 5.74) is -0.0991. The van der Waals surface area contributed by atoms with E-state index in [9.17, 15) is 4.79 Å². The maximum Gasteiger partial charge on any atom is 0.133 e. The molecule has 0 aromatic rings. The van der Waals surface area contributed by atoms with E-state index in [0.717, 1.165) is 32.4 Å². The van der Waals surface area contributed by atoms with Gasteiger partial charge in [-0.2, -0.15) is 0 Å². The van der Waals surface area contributed by atoms with Gasteiger partial charge >= 0.3 is 0 Å². The predicted octanol–water partition coefficient (Wildman–Crippen LogP) is 2.63. The van der Waals surface area contributed by atoms with Crippen LogP contribution >= 0.6 is 0 Å². The lowest BCUT2D eigenvalue weighted by Gasteiger charge is -2.40. The van der Waals surface area contributed by atoms with Crippen molar-refractivity contribution in [3.63, 3.8) is 0 Å². The molecule has 3 heteroatoms. The molecule has 2 fully saturated rings. The molecule has 0 spiro atoms. The van der Waals surface area contributed by atoms with Gasteiger partial charge in [-0.3, -0.25) is 9.69 Å². The first-order valence-electron chi connectivity index (χ1n) is 7.16. The number of nitrogens with zero attached hydrogens (tertiary/aromatic N) is 1. The average Bonchev–Trinajstić information content (AvgIpc) is 2.47. The van der Waals surface area contributed by atoms with E-state index >= 15 is 0 Å². The van der Waals surface area contributed by atoms with Crippen molar-refractivity contribution in [3.05, 3.63) is 0 Å². The third-order valence-corrected chi connectivity index (χ3v) is 4.57. The standard InChI is InChI=1S/C15H27NO2/c1-11(17)12-6-8-16(9-7-12)13-10-14(2,3)18-15(13,4)5/h12-13H,6-10H2,1-5H3. The Morgan fingerprint density at radius 2 is 1.72 bits per heavy atom. The summed E-state index contributed by atoms with van der Waals surface area (Å²) in [5.74, 6) is 0.650. The summed E-state index contributed by atoms with van der Waals surface area (Å²) in [7, 11) is 0. The molecule has 0 bridgehead atoms. The zero-order valence-electron chi connectivity index (χ0n) is 12.5. The molecule has 0 aliphatic carbocycles. The Balaban J connectivity index is 2.00. The van der Waals surface area contributed by atoms with E-state index in [2.05, 4.69) is 32.6 Å². The van der Waals surface area contributed by atoms with E-state index in [0.29, 0.717) is 17.7 Å². The molecular formula is C15H27NO2. The Morgan fingerprint density at radius 1 is 1.17 bits per heavy atom. The minimum atomic E-state index is -0.0768. The lowest BCUT2D eigenvalue weighted by molar-refractivity contribution is -0.122. The molecule has 2 aliphatic rings. The molecule has 2 rings (SSSR count). The van der Waals surface area contributed by atoms with Crippen molar-refractivity contribution >= 4 is 5.78 Å². The molecule has 1 unspecified atom stereocenters. The molecule has 0 saturated carbocycles. The lowest BCUT2D eigenvalue weighted by atomic mass is 9.88. The molecule has 0 radical (unpaired) electrons. The van der Waals surface area contributed by atoms with Gasteiger partial charge < -0.3 is 4.74 Å². The molecule has 104 valence electrons. The largest absolute Gasteiger partial charge is 0.368 e. The minimum absolute atomic E-state index is 0.0222. The molecule has 2 heterocycles. The van der Waals surface area contributed by atoms with Crippen molar-refractivity contribution in [2.24, 2.45) is 5.92 Å². The summed E-state index contributed by atoms with van der Waals surface area (Å²) >= 11 is 0. The Hall–Kier alpha value is -0.410. The van der Waals surface area contributed by atoms with E-state index in [1.54, 1.807) is 6.92 Å². The van der Waals surface area contributed by atoms with Crippen molar-refractivity contribution in [2.45, 2.75) is 71.1 Å². The molecule has 2 saturated heterocycles. The number of carbonyl (C=O) groups excluding carboxylic acids is 1. The van der Waals surface area contributed by atoms with Crippen molar-refractivity contribution in [1.82, 2.24) is 4.90 Å². The van der Waals surface area contributed by atoms with Crippen LogP contribution < -0.4 is 0 Å². The van der Waals surface area contributed by atoms with Crippen LogP contribution in [0.3, 0.4) is 0 Å². The number of likely N-dealkylation sites (tertiary alicyclic amines) is 1. The third kappa shape index (κ3) is 2.77. The summed E-state index contributed by atoms with van der Waals surface area (Å²) in [6.45, 7) is 12.6. The lowest BCUT2D eigenvalue weighted by Crippen LogP contribution is -2.50. The summed E-state index contributed by atoms with van der Waals surface area (Å²) in [5, 5.41) is 0. The summed E-state index contributed by atoms with van der Waals surface area (Å²) in [4.78, 5) is 13.9. The highest BCUT2D eigenvalue weighted by atomic mass is 16.5. The van der Waals surface area contributed by atoms with Crippen molar-refractivity contribution in [1.29, 1.82) is 0 Å². The van der Waals surface area contributed by atoms with Crippen LogP contribution in [0.1, 0.15) is 53.9 Å². The molecule has 1 atom stereocenters. The first-order valence-corrected chi connectivity index (χ1v) is 7.16. The first kappa shape index (κ1) is 14.0.